The lowest BCUT2D eigenvalue weighted by Crippen LogP contribution is -2.44. The molecule has 0 radical (unpaired) electrons. The van der Waals surface area contributed by atoms with E-state index >= 15 is 0 Å². The number of halogens is 3. The first-order chi connectivity index (χ1) is 13.0. The van der Waals surface area contributed by atoms with Crippen molar-refractivity contribution >= 4 is 11.5 Å². The first-order valence-electron chi connectivity index (χ1n) is 9.03. The number of pyridine rings is 1. The fourth-order valence-electron chi connectivity index (χ4n) is 3.82. The third-order valence-corrected chi connectivity index (χ3v) is 5.34. The van der Waals surface area contributed by atoms with Crippen molar-refractivity contribution in [2.45, 2.75) is 24.4 Å². The molecule has 1 fully saturated rings. The van der Waals surface area contributed by atoms with Gasteiger partial charge < -0.3 is 10.6 Å². The number of rotatable bonds is 4. The summed E-state index contributed by atoms with van der Waals surface area (Å²) < 4.78 is 40.5. The lowest BCUT2D eigenvalue weighted by Gasteiger charge is -2.38. The summed E-state index contributed by atoms with van der Waals surface area (Å²) in [6.07, 6.45) is -1.46. The van der Waals surface area contributed by atoms with Crippen molar-refractivity contribution < 1.29 is 13.2 Å². The third-order valence-electron chi connectivity index (χ3n) is 5.34. The van der Waals surface area contributed by atoms with E-state index < -0.39 is 11.9 Å². The molecule has 0 aliphatic carbocycles. The van der Waals surface area contributed by atoms with Crippen LogP contribution in [0.4, 0.5) is 19.0 Å². The molecule has 0 bridgehead atoms. The summed E-state index contributed by atoms with van der Waals surface area (Å²) in [5.74, 6) is 0.615. The maximum atomic E-state index is 13.0. The summed E-state index contributed by atoms with van der Waals surface area (Å²) in [6, 6.07) is 15.4. The molecule has 7 heteroatoms. The van der Waals surface area contributed by atoms with E-state index in [1.807, 2.05) is 18.2 Å². The van der Waals surface area contributed by atoms with Crippen LogP contribution in [0.3, 0.4) is 0 Å². The molecule has 142 valence electrons. The monoisotopic (exact) mass is 374 g/mol. The van der Waals surface area contributed by atoms with Crippen molar-refractivity contribution in [3.05, 3.63) is 66.0 Å². The second kappa shape index (κ2) is 6.88. The largest absolute Gasteiger partial charge is 0.434 e. The molecule has 27 heavy (non-hydrogen) atoms. The van der Waals surface area contributed by atoms with E-state index in [0.717, 1.165) is 32.1 Å². The Kier molecular flexibility index (Phi) is 4.55. The zero-order valence-corrected chi connectivity index (χ0v) is 14.8. The molecule has 2 aromatic heterocycles. The molecule has 4 rings (SSSR count). The van der Waals surface area contributed by atoms with Crippen LogP contribution in [0.15, 0.2) is 54.7 Å². The Balaban J connectivity index is 1.64. The van der Waals surface area contributed by atoms with Crippen LogP contribution in [0.25, 0.3) is 5.65 Å². The van der Waals surface area contributed by atoms with Gasteiger partial charge in [-0.25, -0.2) is 4.98 Å². The summed E-state index contributed by atoms with van der Waals surface area (Å²) in [7, 11) is 0. The fourth-order valence-corrected chi connectivity index (χ4v) is 3.82. The van der Waals surface area contributed by atoms with Crippen molar-refractivity contribution in [1.82, 2.24) is 14.7 Å². The Morgan fingerprint density at radius 3 is 2.48 bits per heavy atom. The molecule has 3 heterocycles. The molecule has 4 nitrogen and oxygen atoms in total. The molecular formula is C20H21F3N4. The normalized spacial score (nSPS) is 17.1. The molecule has 0 unspecified atom stereocenters. The van der Waals surface area contributed by atoms with Crippen LogP contribution in [0.1, 0.15) is 24.1 Å². The van der Waals surface area contributed by atoms with Gasteiger partial charge in [0.25, 0.3) is 0 Å². The smallest absolute Gasteiger partial charge is 0.370 e. The Labute approximate surface area is 155 Å². The second-order valence-electron chi connectivity index (χ2n) is 7.01. The van der Waals surface area contributed by atoms with Gasteiger partial charge in [-0.15, -0.1) is 0 Å². The summed E-state index contributed by atoms with van der Waals surface area (Å²) in [5.41, 5.74) is 0.609. The van der Waals surface area contributed by atoms with Crippen molar-refractivity contribution in [3.63, 3.8) is 0 Å². The molecule has 2 N–H and O–H groups in total. The molecule has 1 saturated heterocycles. The zero-order chi connectivity index (χ0) is 18.9. The Morgan fingerprint density at radius 2 is 1.78 bits per heavy atom. The number of hydrogen-bond acceptors (Lipinski definition) is 3. The molecule has 0 amide bonds. The van der Waals surface area contributed by atoms with Crippen LogP contribution in [0.5, 0.6) is 0 Å². The molecular weight excluding hydrogens is 353 g/mol. The van der Waals surface area contributed by atoms with Crippen LogP contribution < -0.4 is 10.6 Å². The Bertz CT molecular complexity index is 912. The van der Waals surface area contributed by atoms with Gasteiger partial charge >= 0.3 is 6.18 Å². The highest BCUT2D eigenvalue weighted by molar-refractivity contribution is 5.51. The zero-order valence-electron chi connectivity index (χ0n) is 14.8. The van der Waals surface area contributed by atoms with Crippen LogP contribution in [0, 0.1) is 0 Å². The minimum absolute atomic E-state index is 0.0535. The summed E-state index contributed by atoms with van der Waals surface area (Å²) in [4.78, 5) is 3.70. The lowest BCUT2D eigenvalue weighted by atomic mass is 9.73. The van der Waals surface area contributed by atoms with E-state index in [1.54, 1.807) is 18.2 Å². The standard InChI is InChI=1S/C20H21F3N4/c21-20(22,23)16-13-27-17(7-4-8-18(27)26-16)25-14-19(9-11-24-12-10-19)15-5-2-1-3-6-15/h1-8,13,24-25H,9-12,14H2. The molecule has 0 spiro atoms. The summed E-state index contributed by atoms with van der Waals surface area (Å²) >= 11 is 0. The minimum atomic E-state index is -4.45. The summed E-state index contributed by atoms with van der Waals surface area (Å²) in [5, 5.41) is 6.78. The van der Waals surface area contributed by atoms with Crippen molar-refractivity contribution in [3.8, 4) is 0 Å². The number of piperidine rings is 1. The van der Waals surface area contributed by atoms with E-state index in [9.17, 15) is 13.2 Å². The number of anilines is 1. The maximum Gasteiger partial charge on any atom is 0.434 e. The highest BCUT2D eigenvalue weighted by Crippen LogP contribution is 2.34. The van der Waals surface area contributed by atoms with Gasteiger partial charge in [-0.2, -0.15) is 13.2 Å². The average Bonchev–Trinajstić information content (AvgIpc) is 3.13. The highest BCUT2D eigenvalue weighted by atomic mass is 19.4. The molecule has 1 aliphatic rings. The van der Waals surface area contributed by atoms with E-state index in [0.29, 0.717) is 12.4 Å². The molecule has 0 atom stereocenters. The number of alkyl halides is 3. The number of nitrogens with zero attached hydrogens (tertiary/aromatic N) is 2. The Morgan fingerprint density at radius 1 is 1.04 bits per heavy atom. The second-order valence-corrected chi connectivity index (χ2v) is 7.01. The van der Waals surface area contributed by atoms with Crippen LogP contribution in [0.2, 0.25) is 0 Å². The van der Waals surface area contributed by atoms with E-state index in [-0.39, 0.29) is 11.1 Å². The molecule has 3 aromatic rings. The molecule has 0 saturated carbocycles. The lowest BCUT2D eigenvalue weighted by molar-refractivity contribution is -0.140. The maximum absolute atomic E-state index is 13.0. The summed E-state index contributed by atoms with van der Waals surface area (Å²) in [6.45, 7) is 2.49. The predicted octanol–water partition coefficient (Wildman–Crippen LogP) is 4.09. The van der Waals surface area contributed by atoms with E-state index in [1.165, 1.54) is 9.96 Å². The van der Waals surface area contributed by atoms with Gasteiger partial charge in [0.1, 0.15) is 11.5 Å². The van der Waals surface area contributed by atoms with Gasteiger partial charge in [-0.1, -0.05) is 36.4 Å². The topological polar surface area (TPSA) is 41.4 Å². The van der Waals surface area contributed by atoms with Crippen LogP contribution >= 0.6 is 0 Å². The number of benzene rings is 1. The van der Waals surface area contributed by atoms with Gasteiger partial charge in [-0.3, -0.25) is 4.40 Å². The van der Waals surface area contributed by atoms with E-state index in [2.05, 4.69) is 27.8 Å². The molecule has 1 aliphatic heterocycles. The minimum Gasteiger partial charge on any atom is -0.370 e. The quantitative estimate of drug-likeness (QED) is 0.723. The first-order valence-corrected chi connectivity index (χ1v) is 9.03. The number of imidazole rings is 1. The van der Waals surface area contributed by atoms with E-state index in [4.69, 9.17) is 0 Å². The Hall–Kier alpha value is -2.54. The van der Waals surface area contributed by atoms with Crippen molar-refractivity contribution in [1.29, 1.82) is 0 Å². The number of fused-ring (bicyclic) bond motifs is 1. The predicted molar refractivity (Wildman–Crippen MR) is 98.9 cm³/mol. The van der Waals surface area contributed by atoms with Gasteiger partial charge in [0.05, 0.1) is 0 Å². The number of hydrogen-bond donors (Lipinski definition) is 2. The average molecular weight is 374 g/mol. The number of nitrogens with one attached hydrogen (secondary N) is 2. The molecule has 1 aromatic carbocycles. The first kappa shape index (κ1) is 17.9. The fraction of sp³-hybridized carbons (Fsp3) is 0.350. The SMILES string of the molecule is FC(F)(F)c1cn2c(NCC3(c4ccccc4)CCNCC3)cccc2n1. The number of aromatic nitrogens is 2. The van der Waals surface area contributed by atoms with Crippen LogP contribution in [-0.4, -0.2) is 29.0 Å². The van der Waals surface area contributed by atoms with Gasteiger partial charge in [0.15, 0.2) is 5.69 Å². The van der Waals surface area contributed by atoms with Gasteiger partial charge in [0.2, 0.25) is 0 Å². The van der Waals surface area contributed by atoms with Gasteiger partial charge in [-0.05, 0) is 43.6 Å². The van der Waals surface area contributed by atoms with Crippen LogP contribution in [-0.2, 0) is 11.6 Å². The highest BCUT2D eigenvalue weighted by Gasteiger charge is 2.35. The van der Waals surface area contributed by atoms with Crippen molar-refractivity contribution in [2.75, 3.05) is 25.0 Å². The third kappa shape index (κ3) is 3.51. The van der Waals surface area contributed by atoms with Crippen molar-refractivity contribution in [2.24, 2.45) is 0 Å². The van der Waals surface area contributed by atoms with Gasteiger partial charge in [0, 0.05) is 18.2 Å².